The molecule has 0 atom stereocenters. The Labute approximate surface area is 141 Å². The topological polar surface area (TPSA) is 78.4 Å². The van der Waals surface area contributed by atoms with Crippen molar-refractivity contribution in [2.45, 2.75) is 6.54 Å². The van der Waals surface area contributed by atoms with Gasteiger partial charge in [0, 0.05) is 9.35 Å². The number of thiophene rings is 1. The van der Waals surface area contributed by atoms with E-state index in [4.69, 9.17) is 5.11 Å². The van der Waals surface area contributed by atoms with E-state index in [9.17, 15) is 9.59 Å². The summed E-state index contributed by atoms with van der Waals surface area (Å²) in [7, 11) is 0. The molecule has 0 saturated heterocycles. The zero-order valence-corrected chi connectivity index (χ0v) is 14.5. The average Bonchev–Trinajstić information content (AvgIpc) is 2.84. The van der Waals surface area contributed by atoms with Crippen molar-refractivity contribution in [2.75, 3.05) is 5.32 Å². The van der Waals surface area contributed by atoms with Crippen LogP contribution in [0.2, 0.25) is 0 Å². The van der Waals surface area contributed by atoms with Crippen LogP contribution < -0.4 is 10.6 Å². The first kappa shape index (κ1) is 16.0. The minimum atomic E-state index is -1.10. The summed E-state index contributed by atoms with van der Waals surface area (Å²) in [5.41, 5.74) is 0.258. The summed E-state index contributed by atoms with van der Waals surface area (Å²) < 4.78 is 1.50. The summed E-state index contributed by atoms with van der Waals surface area (Å²) >= 11 is 8.10. The highest BCUT2D eigenvalue weighted by Crippen LogP contribution is 2.26. The van der Waals surface area contributed by atoms with Gasteiger partial charge in [-0.25, -0.2) is 9.59 Å². The fourth-order valence-electron chi connectivity index (χ4n) is 1.60. The first-order valence-corrected chi connectivity index (χ1v) is 8.18. The number of urea groups is 1. The molecule has 8 heteroatoms. The number of carboxylic acids is 1. The van der Waals surface area contributed by atoms with Gasteiger partial charge in [-0.15, -0.1) is 11.3 Å². The number of hydrogen-bond donors (Lipinski definition) is 3. The van der Waals surface area contributed by atoms with E-state index >= 15 is 0 Å². The molecule has 0 aliphatic rings. The molecule has 1 aromatic carbocycles. The van der Waals surface area contributed by atoms with Gasteiger partial charge in [0.25, 0.3) is 0 Å². The van der Waals surface area contributed by atoms with Crippen LogP contribution in [0.15, 0.2) is 38.6 Å². The Balaban J connectivity index is 2.04. The molecule has 0 unspecified atom stereocenters. The van der Waals surface area contributed by atoms with Gasteiger partial charge in [-0.05, 0) is 56.1 Å². The lowest BCUT2D eigenvalue weighted by Crippen LogP contribution is -2.28. The van der Waals surface area contributed by atoms with Gasteiger partial charge >= 0.3 is 12.0 Å². The van der Waals surface area contributed by atoms with Crippen LogP contribution in [0.3, 0.4) is 0 Å². The summed E-state index contributed by atoms with van der Waals surface area (Å²) in [4.78, 5) is 24.0. The highest BCUT2D eigenvalue weighted by atomic mass is 79.9. The van der Waals surface area contributed by atoms with Gasteiger partial charge in [0.05, 0.1) is 21.6 Å². The zero-order valence-electron chi connectivity index (χ0n) is 10.5. The number of anilines is 1. The van der Waals surface area contributed by atoms with Gasteiger partial charge < -0.3 is 15.7 Å². The number of aromatic carboxylic acids is 1. The number of carboxylic acid groups (broad SMARTS) is 1. The van der Waals surface area contributed by atoms with Crippen LogP contribution in [-0.2, 0) is 6.54 Å². The lowest BCUT2D eigenvalue weighted by atomic mass is 10.2. The van der Waals surface area contributed by atoms with Crippen LogP contribution in [0.25, 0.3) is 0 Å². The molecule has 0 bridgehead atoms. The molecule has 0 fully saturated rings. The van der Waals surface area contributed by atoms with E-state index in [-0.39, 0.29) is 11.3 Å². The van der Waals surface area contributed by atoms with Crippen LogP contribution in [-0.4, -0.2) is 17.1 Å². The van der Waals surface area contributed by atoms with E-state index in [1.807, 2.05) is 12.1 Å². The Kier molecular flexibility index (Phi) is 5.38. The van der Waals surface area contributed by atoms with E-state index in [0.29, 0.717) is 11.0 Å². The molecule has 0 aliphatic carbocycles. The molecule has 0 aliphatic heterocycles. The number of carbonyl (C=O) groups excluding carboxylic acids is 1. The SMILES string of the molecule is O=C(NCc1ccc(Br)s1)Nc1c(Br)cccc1C(=O)O. The third-order valence-corrected chi connectivity index (χ3v) is 4.82. The molecule has 1 aromatic heterocycles. The molecule has 2 rings (SSSR count). The fourth-order valence-corrected chi connectivity index (χ4v) is 3.49. The molecule has 0 radical (unpaired) electrons. The molecule has 3 N–H and O–H groups in total. The number of carbonyl (C=O) groups is 2. The van der Waals surface area contributed by atoms with E-state index in [2.05, 4.69) is 42.5 Å². The predicted octanol–water partition coefficient (Wildman–Crippen LogP) is 4.29. The molecule has 110 valence electrons. The Morgan fingerprint density at radius 3 is 2.57 bits per heavy atom. The van der Waals surface area contributed by atoms with Crippen molar-refractivity contribution in [3.05, 3.63) is 49.0 Å². The minimum Gasteiger partial charge on any atom is -0.478 e. The maximum absolute atomic E-state index is 11.9. The smallest absolute Gasteiger partial charge is 0.337 e. The number of para-hydroxylation sites is 1. The van der Waals surface area contributed by atoms with Crippen LogP contribution in [0.1, 0.15) is 15.2 Å². The summed E-state index contributed by atoms with van der Waals surface area (Å²) in [6.45, 7) is 0.370. The standard InChI is InChI=1S/C13H10Br2N2O3S/c14-9-3-1-2-8(12(18)19)11(9)17-13(20)16-6-7-4-5-10(15)21-7/h1-5H,6H2,(H,18,19)(H2,16,17,20). The second-order valence-corrected chi connectivity index (χ2v) is 7.38. The molecule has 21 heavy (non-hydrogen) atoms. The number of hydrogen-bond acceptors (Lipinski definition) is 3. The Morgan fingerprint density at radius 2 is 1.95 bits per heavy atom. The number of amides is 2. The van der Waals surface area contributed by atoms with Gasteiger partial charge in [0.1, 0.15) is 0 Å². The fraction of sp³-hybridized carbons (Fsp3) is 0.0769. The summed E-state index contributed by atoms with van der Waals surface area (Å²) in [6, 6.07) is 8.03. The third kappa shape index (κ3) is 4.29. The lowest BCUT2D eigenvalue weighted by molar-refractivity contribution is 0.0698. The van der Waals surface area contributed by atoms with E-state index in [0.717, 1.165) is 8.66 Å². The number of rotatable bonds is 4. The molecule has 2 aromatic rings. The summed E-state index contributed by atoms with van der Waals surface area (Å²) in [6.07, 6.45) is 0. The second kappa shape index (κ2) is 7.06. The number of benzene rings is 1. The lowest BCUT2D eigenvalue weighted by Gasteiger charge is -2.11. The van der Waals surface area contributed by atoms with Crippen molar-refractivity contribution in [3.8, 4) is 0 Å². The minimum absolute atomic E-state index is 0.0263. The normalized spacial score (nSPS) is 10.2. The van der Waals surface area contributed by atoms with Crippen LogP contribution in [0, 0.1) is 0 Å². The maximum Gasteiger partial charge on any atom is 0.337 e. The van der Waals surface area contributed by atoms with Crippen molar-refractivity contribution in [2.24, 2.45) is 0 Å². The monoisotopic (exact) mass is 432 g/mol. The first-order valence-electron chi connectivity index (χ1n) is 5.78. The van der Waals surface area contributed by atoms with Gasteiger partial charge in [-0.1, -0.05) is 6.07 Å². The first-order chi connectivity index (χ1) is 9.97. The Hall–Kier alpha value is -1.38. The van der Waals surface area contributed by atoms with Gasteiger partial charge in [-0.3, -0.25) is 0 Å². The summed E-state index contributed by atoms with van der Waals surface area (Å²) in [5.74, 6) is -1.10. The highest BCUT2D eigenvalue weighted by Gasteiger charge is 2.15. The van der Waals surface area contributed by atoms with Crippen molar-refractivity contribution in [1.82, 2.24) is 5.32 Å². The molecule has 1 heterocycles. The molecular weight excluding hydrogens is 424 g/mol. The largest absolute Gasteiger partial charge is 0.478 e. The van der Waals surface area contributed by atoms with Crippen molar-refractivity contribution in [1.29, 1.82) is 0 Å². The van der Waals surface area contributed by atoms with Gasteiger partial charge in [0.15, 0.2) is 0 Å². The molecule has 0 spiro atoms. The van der Waals surface area contributed by atoms with Gasteiger partial charge in [-0.2, -0.15) is 0 Å². The summed E-state index contributed by atoms with van der Waals surface area (Å²) in [5, 5.41) is 14.3. The molecule has 0 saturated carbocycles. The van der Waals surface area contributed by atoms with Crippen molar-refractivity contribution >= 4 is 60.9 Å². The third-order valence-electron chi connectivity index (χ3n) is 2.53. The predicted molar refractivity (Wildman–Crippen MR) is 89.0 cm³/mol. The highest BCUT2D eigenvalue weighted by molar-refractivity contribution is 9.11. The van der Waals surface area contributed by atoms with Gasteiger partial charge in [0.2, 0.25) is 0 Å². The van der Waals surface area contributed by atoms with Crippen LogP contribution in [0.5, 0.6) is 0 Å². The van der Waals surface area contributed by atoms with E-state index in [1.54, 1.807) is 12.1 Å². The molecule has 5 nitrogen and oxygen atoms in total. The number of nitrogens with one attached hydrogen (secondary N) is 2. The number of halogens is 2. The van der Waals surface area contributed by atoms with Crippen LogP contribution in [0.4, 0.5) is 10.5 Å². The average molecular weight is 434 g/mol. The molecule has 2 amide bonds. The Bertz CT molecular complexity index is 688. The van der Waals surface area contributed by atoms with Crippen molar-refractivity contribution in [3.63, 3.8) is 0 Å². The Morgan fingerprint density at radius 1 is 1.19 bits per heavy atom. The maximum atomic E-state index is 11.9. The zero-order chi connectivity index (χ0) is 15.4. The molecular formula is C13H10Br2N2O3S. The van der Waals surface area contributed by atoms with Crippen molar-refractivity contribution < 1.29 is 14.7 Å². The quantitative estimate of drug-likeness (QED) is 0.672. The van der Waals surface area contributed by atoms with Crippen LogP contribution >= 0.6 is 43.2 Å². The second-order valence-electron chi connectivity index (χ2n) is 3.98. The van der Waals surface area contributed by atoms with E-state index in [1.165, 1.54) is 17.4 Å². The van der Waals surface area contributed by atoms with E-state index < -0.39 is 12.0 Å².